The molecule has 4 aliphatic rings. The SMILES string of the molecule is CC(C)(C)OC(=O)N1CC(C23CC(c4ccc(Cl)cc4S(C)(=O)=O)(C2)C3)C1. The molecule has 1 heterocycles. The molecule has 1 saturated heterocycles. The molecule has 148 valence electrons. The molecule has 0 N–H and O–H groups in total. The van der Waals surface area contributed by atoms with Gasteiger partial charge in [0.05, 0.1) is 4.90 Å². The van der Waals surface area contributed by atoms with Crippen molar-refractivity contribution < 1.29 is 17.9 Å². The summed E-state index contributed by atoms with van der Waals surface area (Å²) in [7, 11) is -3.31. The fourth-order valence-electron chi connectivity index (χ4n) is 5.17. The summed E-state index contributed by atoms with van der Waals surface area (Å²) in [5.41, 5.74) is 0.668. The van der Waals surface area contributed by atoms with Gasteiger partial charge in [-0.25, -0.2) is 13.2 Å². The van der Waals surface area contributed by atoms with Crippen LogP contribution in [-0.2, 0) is 20.0 Å². The number of halogens is 1. The monoisotopic (exact) mass is 411 g/mol. The van der Waals surface area contributed by atoms with Gasteiger partial charge in [-0.1, -0.05) is 17.7 Å². The quantitative estimate of drug-likeness (QED) is 0.753. The topological polar surface area (TPSA) is 63.7 Å². The molecular weight excluding hydrogens is 386 g/mol. The molecular formula is C20H26ClNO4S. The molecule has 1 aromatic rings. The van der Waals surface area contributed by atoms with Crippen LogP contribution in [0.4, 0.5) is 4.79 Å². The van der Waals surface area contributed by atoms with E-state index in [1.807, 2.05) is 26.8 Å². The number of amides is 1. The molecule has 7 heteroatoms. The maximum absolute atomic E-state index is 12.2. The van der Waals surface area contributed by atoms with Crippen molar-refractivity contribution in [1.29, 1.82) is 0 Å². The summed E-state index contributed by atoms with van der Waals surface area (Å²) in [6, 6.07) is 5.24. The van der Waals surface area contributed by atoms with Gasteiger partial charge in [-0.05, 0) is 68.6 Å². The number of carbonyl (C=O) groups excluding carboxylic acids is 1. The van der Waals surface area contributed by atoms with Crippen molar-refractivity contribution in [2.24, 2.45) is 11.3 Å². The number of carbonyl (C=O) groups is 1. The third-order valence-electron chi connectivity index (χ3n) is 6.39. The van der Waals surface area contributed by atoms with Gasteiger partial charge in [0.15, 0.2) is 9.84 Å². The van der Waals surface area contributed by atoms with Crippen molar-refractivity contribution >= 4 is 27.5 Å². The molecule has 5 rings (SSSR count). The number of benzene rings is 1. The number of hydrogen-bond donors (Lipinski definition) is 0. The molecule has 0 radical (unpaired) electrons. The van der Waals surface area contributed by atoms with Crippen LogP contribution in [0.3, 0.4) is 0 Å². The number of ether oxygens (including phenoxy) is 1. The summed E-state index contributed by atoms with van der Waals surface area (Å²) in [6.45, 7) is 7.10. The van der Waals surface area contributed by atoms with Crippen molar-refractivity contribution in [3.8, 4) is 0 Å². The van der Waals surface area contributed by atoms with Gasteiger partial charge >= 0.3 is 6.09 Å². The first-order valence-corrected chi connectivity index (χ1v) is 11.6. The molecule has 3 aliphatic carbocycles. The van der Waals surface area contributed by atoms with E-state index in [0.717, 1.165) is 37.9 Å². The Balaban J connectivity index is 1.42. The van der Waals surface area contributed by atoms with Gasteiger partial charge in [0.2, 0.25) is 0 Å². The van der Waals surface area contributed by atoms with Gasteiger partial charge in [-0.3, -0.25) is 0 Å². The number of hydrogen-bond acceptors (Lipinski definition) is 4. The summed E-state index contributed by atoms with van der Waals surface area (Å²) >= 11 is 6.03. The minimum atomic E-state index is -3.31. The van der Waals surface area contributed by atoms with Gasteiger partial charge in [0.1, 0.15) is 5.60 Å². The molecule has 0 atom stereocenters. The molecule has 3 saturated carbocycles. The fraction of sp³-hybridized carbons (Fsp3) is 0.650. The number of likely N-dealkylation sites (tertiary alicyclic amines) is 1. The largest absolute Gasteiger partial charge is 0.444 e. The van der Waals surface area contributed by atoms with Crippen LogP contribution in [0, 0.1) is 11.3 Å². The Morgan fingerprint density at radius 2 is 1.81 bits per heavy atom. The first-order valence-electron chi connectivity index (χ1n) is 9.32. The molecule has 27 heavy (non-hydrogen) atoms. The van der Waals surface area contributed by atoms with E-state index in [2.05, 4.69) is 0 Å². The molecule has 2 bridgehead atoms. The minimum Gasteiger partial charge on any atom is -0.444 e. The van der Waals surface area contributed by atoms with Crippen LogP contribution in [0.5, 0.6) is 0 Å². The zero-order valence-corrected chi connectivity index (χ0v) is 17.8. The second-order valence-electron chi connectivity index (χ2n) is 9.67. The molecule has 1 aromatic carbocycles. The summed E-state index contributed by atoms with van der Waals surface area (Å²) < 4.78 is 29.8. The maximum atomic E-state index is 12.2. The van der Waals surface area contributed by atoms with Gasteiger partial charge in [0.25, 0.3) is 0 Å². The third-order valence-corrected chi connectivity index (χ3v) is 7.76. The van der Waals surface area contributed by atoms with Crippen molar-refractivity contribution in [1.82, 2.24) is 4.90 Å². The Morgan fingerprint density at radius 1 is 1.22 bits per heavy atom. The Hall–Kier alpha value is -1.27. The maximum Gasteiger partial charge on any atom is 0.410 e. The molecule has 1 amide bonds. The molecule has 0 unspecified atom stereocenters. The molecule has 1 aliphatic heterocycles. The fourth-order valence-corrected chi connectivity index (χ4v) is 6.43. The van der Waals surface area contributed by atoms with Crippen molar-refractivity contribution in [3.63, 3.8) is 0 Å². The van der Waals surface area contributed by atoms with E-state index in [-0.39, 0.29) is 16.9 Å². The van der Waals surface area contributed by atoms with Gasteiger partial charge in [-0.15, -0.1) is 0 Å². The Morgan fingerprint density at radius 3 is 2.33 bits per heavy atom. The lowest BCUT2D eigenvalue weighted by Crippen LogP contribution is -2.73. The predicted molar refractivity (Wildman–Crippen MR) is 104 cm³/mol. The summed E-state index contributed by atoms with van der Waals surface area (Å²) in [4.78, 5) is 14.3. The molecule has 4 fully saturated rings. The lowest BCUT2D eigenvalue weighted by molar-refractivity contribution is -0.210. The first-order chi connectivity index (χ1) is 12.3. The van der Waals surface area contributed by atoms with E-state index in [0.29, 0.717) is 15.8 Å². The van der Waals surface area contributed by atoms with Crippen LogP contribution < -0.4 is 0 Å². The van der Waals surface area contributed by atoms with Crippen LogP contribution in [0.15, 0.2) is 23.1 Å². The lowest BCUT2D eigenvalue weighted by atomic mass is 9.30. The standard InChI is InChI=1S/C20H26ClNO4S/c1-18(2,3)26-17(23)22-8-13(9-22)19-10-20(11-19,12-19)15-6-5-14(21)7-16(15)27(4,24)25/h5-7,13H,8-12H2,1-4H3. The van der Waals surface area contributed by atoms with Crippen LogP contribution in [0.25, 0.3) is 0 Å². The predicted octanol–water partition coefficient (Wildman–Crippen LogP) is 4.03. The first kappa shape index (κ1) is 19.1. The Labute approximate surface area is 165 Å². The number of rotatable bonds is 3. The lowest BCUT2D eigenvalue weighted by Gasteiger charge is -2.76. The van der Waals surface area contributed by atoms with Crippen LogP contribution >= 0.6 is 11.6 Å². The smallest absolute Gasteiger partial charge is 0.410 e. The highest BCUT2D eigenvalue weighted by Crippen LogP contribution is 2.77. The highest BCUT2D eigenvalue weighted by atomic mass is 35.5. The highest BCUT2D eigenvalue weighted by molar-refractivity contribution is 7.90. The normalized spacial score (nSPS) is 30.2. The van der Waals surface area contributed by atoms with Crippen molar-refractivity contribution in [2.45, 2.75) is 55.9 Å². The number of sulfone groups is 1. The zero-order valence-electron chi connectivity index (χ0n) is 16.2. The van der Waals surface area contributed by atoms with E-state index in [4.69, 9.17) is 16.3 Å². The second-order valence-corrected chi connectivity index (χ2v) is 12.1. The Bertz CT molecular complexity index is 893. The van der Waals surface area contributed by atoms with E-state index in [1.165, 1.54) is 6.26 Å². The second kappa shape index (κ2) is 5.63. The van der Waals surface area contributed by atoms with Crippen molar-refractivity contribution in [3.05, 3.63) is 28.8 Å². The van der Waals surface area contributed by atoms with Gasteiger partial charge in [0, 0.05) is 30.3 Å². The Kier molecular flexibility index (Phi) is 3.98. The number of nitrogens with zero attached hydrogens (tertiary/aromatic N) is 1. The molecule has 0 spiro atoms. The van der Waals surface area contributed by atoms with Crippen LogP contribution in [0.1, 0.15) is 45.6 Å². The summed E-state index contributed by atoms with van der Waals surface area (Å²) in [5, 5.41) is 0.451. The van der Waals surface area contributed by atoms with Crippen LogP contribution in [0.2, 0.25) is 5.02 Å². The average Bonchev–Trinajstić information content (AvgIpc) is 2.35. The zero-order chi connectivity index (χ0) is 19.8. The van der Waals surface area contributed by atoms with E-state index >= 15 is 0 Å². The van der Waals surface area contributed by atoms with Gasteiger partial charge < -0.3 is 9.64 Å². The minimum absolute atomic E-state index is 0.0324. The molecule has 5 nitrogen and oxygen atoms in total. The van der Waals surface area contributed by atoms with E-state index in [1.54, 1.807) is 17.0 Å². The molecule has 0 aromatic heterocycles. The van der Waals surface area contributed by atoms with E-state index in [9.17, 15) is 13.2 Å². The van der Waals surface area contributed by atoms with Crippen molar-refractivity contribution in [2.75, 3.05) is 19.3 Å². The van der Waals surface area contributed by atoms with Crippen LogP contribution in [-0.4, -0.2) is 44.4 Å². The van der Waals surface area contributed by atoms with E-state index < -0.39 is 15.4 Å². The van der Waals surface area contributed by atoms with Gasteiger partial charge in [-0.2, -0.15) is 0 Å². The average molecular weight is 412 g/mol. The third kappa shape index (κ3) is 3.05. The summed E-state index contributed by atoms with van der Waals surface area (Å²) in [5.74, 6) is 0.487. The summed E-state index contributed by atoms with van der Waals surface area (Å²) in [6.07, 6.45) is 4.00. The highest BCUT2D eigenvalue weighted by Gasteiger charge is 2.72.